The monoisotopic (exact) mass is 380 g/mol. The summed E-state index contributed by atoms with van der Waals surface area (Å²) in [5.74, 6) is 1.69. The first-order valence-electron chi connectivity index (χ1n) is 10.9. The summed E-state index contributed by atoms with van der Waals surface area (Å²) >= 11 is 11.2. The average molecular weight is 382 g/mol. The summed E-state index contributed by atoms with van der Waals surface area (Å²) in [7, 11) is 0. The molecule has 0 N–H and O–H groups in total. The van der Waals surface area contributed by atoms with Crippen molar-refractivity contribution in [3.05, 3.63) is 0 Å². The molecule has 0 unspecified atom stereocenters. The molecule has 0 fully saturated rings. The molecule has 0 aromatic carbocycles. The summed E-state index contributed by atoms with van der Waals surface area (Å²) in [6.45, 7) is 4.53. The van der Waals surface area contributed by atoms with Gasteiger partial charge in [-0.05, 0) is 12.8 Å². The summed E-state index contributed by atoms with van der Waals surface area (Å²) in [5.41, 5.74) is 0. The molecule has 0 aliphatic carbocycles. The third kappa shape index (κ3) is 30.5. The molecule has 0 nitrogen and oxygen atoms in total. The Labute approximate surface area is 164 Å². The minimum atomic E-state index is 0.843. The van der Waals surface area contributed by atoms with Crippen LogP contribution in [0, 0.1) is 0 Å². The number of rotatable bonds is 18. The Morgan fingerprint density at radius 3 is 0.750 bits per heavy atom. The highest BCUT2D eigenvalue weighted by atomic mass is 35.5. The lowest BCUT2D eigenvalue weighted by Crippen LogP contribution is -1.81. The maximum Gasteiger partial charge on any atom is 0.0223 e. The van der Waals surface area contributed by atoms with Crippen LogP contribution in [0.2, 0.25) is 0 Å². The zero-order chi connectivity index (χ0) is 18.1. The minimum Gasteiger partial charge on any atom is -0.127 e. The quantitative estimate of drug-likeness (QED) is 0.164. The number of hydrogen-bond donors (Lipinski definition) is 0. The van der Waals surface area contributed by atoms with Gasteiger partial charge in [0.15, 0.2) is 0 Å². The molecule has 0 bridgehead atoms. The fraction of sp³-hybridized carbons (Fsp3) is 1.00. The van der Waals surface area contributed by atoms with Gasteiger partial charge in [-0.1, -0.05) is 117 Å². The molecule has 0 aliphatic rings. The Bertz CT molecular complexity index is 143. The van der Waals surface area contributed by atoms with E-state index in [1.54, 1.807) is 0 Å². The van der Waals surface area contributed by atoms with Crippen molar-refractivity contribution in [1.82, 2.24) is 0 Å². The predicted molar refractivity (Wildman–Crippen MR) is 116 cm³/mol. The van der Waals surface area contributed by atoms with Crippen LogP contribution in [-0.4, -0.2) is 11.8 Å². The molecule has 0 amide bonds. The van der Waals surface area contributed by atoms with E-state index >= 15 is 0 Å². The van der Waals surface area contributed by atoms with Crippen LogP contribution < -0.4 is 0 Å². The number of hydrogen-bond acceptors (Lipinski definition) is 0. The van der Waals surface area contributed by atoms with Crippen LogP contribution in [0.4, 0.5) is 0 Å². The maximum atomic E-state index is 5.58. The number of unbranched alkanes of at least 4 members (excludes halogenated alkanes) is 16. The zero-order valence-electron chi connectivity index (χ0n) is 16.9. The van der Waals surface area contributed by atoms with E-state index in [2.05, 4.69) is 13.8 Å². The van der Waals surface area contributed by atoms with Gasteiger partial charge in [0.05, 0.1) is 0 Å². The summed E-state index contributed by atoms with van der Waals surface area (Å²) in [5, 5.41) is 0. The summed E-state index contributed by atoms with van der Waals surface area (Å²) in [4.78, 5) is 0. The second-order valence-corrected chi connectivity index (χ2v) is 7.79. The second-order valence-electron chi connectivity index (χ2n) is 7.03. The molecule has 0 heterocycles. The van der Waals surface area contributed by atoms with Gasteiger partial charge >= 0.3 is 0 Å². The van der Waals surface area contributed by atoms with E-state index in [9.17, 15) is 0 Å². The molecule has 0 atom stereocenters. The topological polar surface area (TPSA) is 0 Å². The SMILES string of the molecule is CCCCCCCCCCCCl.CCCCCCCCCCCCl. The lowest BCUT2D eigenvalue weighted by molar-refractivity contribution is 0.573. The fourth-order valence-electron chi connectivity index (χ4n) is 2.81. The molecule has 0 aromatic heterocycles. The fourth-order valence-corrected chi connectivity index (χ4v) is 3.19. The summed E-state index contributed by atoms with van der Waals surface area (Å²) < 4.78 is 0. The van der Waals surface area contributed by atoms with Gasteiger partial charge in [-0.2, -0.15) is 0 Å². The smallest absolute Gasteiger partial charge is 0.0223 e. The Morgan fingerprint density at radius 2 is 0.542 bits per heavy atom. The lowest BCUT2D eigenvalue weighted by atomic mass is 10.1. The standard InChI is InChI=1S/2C11H23Cl/c2*1-2-3-4-5-6-7-8-9-10-11-12/h2*2-11H2,1H3. The molecular weight excluding hydrogens is 335 g/mol. The van der Waals surface area contributed by atoms with Crippen LogP contribution in [0.3, 0.4) is 0 Å². The lowest BCUT2D eigenvalue weighted by Gasteiger charge is -1.99. The largest absolute Gasteiger partial charge is 0.127 e. The van der Waals surface area contributed by atoms with Crippen molar-refractivity contribution in [3.63, 3.8) is 0 Å². The van der Waals surface area contributed by atoms with Gasteiger partial charge < -0.3 is 0 Å². The van der Waals surface area contributed by atoms with Crippen molar-refractivity contribution in [2.75, 3.05) is 11.8 Å². The molecule has 0 radical (unpaired) electrons. The first-order chi connectivity index (χ1) is 11.8. The summed E-state index contributed by atoms with van der Waals surface area (Å²) in [6, 6.07) is 0. The van der Waals surface area contributed by atoms with Gasteiger partial charge in [0.1, 0.15) is 0 Å². The molecule has 0 saturated carbocycles. The zero-order valence-corrected chi connectivity index (χ0v) is 18.4. The Balaban J connectivity index is 0. The van der Waals surface area contributed by atoms with Crippen molar-refractivity contribution < 1.29 is 0 Å². The van der Waals surface area contributed by atoms with E-state index in [0.29, 0.717) is 0 Å². The van der Waals surface area contributed by atoms with Crippen LogP contribution in [0.1, 0.15) is 129 Å². The number of halogens is 2. The molecular formula is C22H46Cl2. The van der Waals surface area contributed by atoms with E-state index < -0.39 is 0 Å². The van der Waals surface area contributed by atoms with Crippen LogP contribution in [-0.2, 0) is 0 Å². The van der Waals surface area contributed by atoms with E-state index in [-0.39, 0.29) is 0 Å². The van der Waals surface area contributed by atoms with Crippen molar-refractivity contribution in [2.24, 2.45) is 0 Å². The minimum absolute atomic E-state index is 0.843. The highest BCUT2D eigenvalue weighted by Crippen LogP contribution is 2.10. The molecule has 0 aromatic rings. The van der Waals surface area contributed by atoms with E-state index in [4.69, 9.17) is 23.2 Å². The molecule has 0 aliphatic heterocycles. The van der Waals surface area contributed by atoms with Gasteiger partial charge in [-0.25, -0.2) is 0 Å². The molecule has 24 heavy (non-hydrogen) atoms. The van der Waals surface area contributed by atoms with Gasteiger partial charge in [0.25, 0.3) is 0 Å². The second kappa shape index (κ2) is 28.4. The molecule has 0 rings (SSSR count). The Hall–Kier alpha value is 0.580. The highest BCUT2D eigenvalue weighted by molar-refractivity contribution is 6.18. The first kappa shape index (κ1) is 26.8. The Kier molecular flexibility index (Phi) is 31.7. The predicted octanol–water partition coefficient (Wildman–Crippen LogP) is 9.51. The average Bonchev–Trinajstić information content (AvgIpc) is 2.60. The van der Waals surface area contributed by atoms with Crippen LogP contribution in [0.25, 0.3) is 0 Å². The van der Waals surface area contributed by atoms with Crippen molar-refractivity contribution >= 4 is 23.2 Å². The number of alkyl halides is 2. The van der Waals surface area contributed by atoms with Gasteiger partial charge in [-0.3, -0.25) is 0 Å². The highest BCUT2D eigenvalue weighted by Gasteiger charge is 1.91. The van der Waals surface area contributed by atoms with E-state index in [1.165, 1.54) is 116 Å². The van der Waals surface area contributed by atoms with Crippen LogP contribution in [0.5, 0.6) is 0 Å². The summed E-state index contributed by atoms with van der Waals surface area (Å²) in [6.07, 6.45) is 24.8. The van der Waals surface area contributed by atoms with E-state index in [0.717, 1.165) is 11.8 Å². The molecule has 0 saturated heterocycles. The third-order valence-electron chi connectivity index (χ3n) is 4.47. The normalized spacial score (nSPS) is 10.5. The van der Waals surface area contributed by atoms with Gasteiger partial charge in [0.2, 0.25) is 0 Å². The molecule has 2 heteroatoms. The molecule has 148 valence electrons. The van der Waals surface area contributed by atoms with Crippen molar-refractivity contribution in [2.45, 2.75) is 129 Å². The Morgan fingerprint density at radius 1 is 0.333 bits per heavy atom. The van der Waals surface area contributed by atoms with Crippen LogP contribution in [0.15, 0.2) is 0 Å². The van der Waals surface area contributed by atoms with Crippen molar-refractivity contribution in [3.8, 4) is 0 Å². The molecule has 0 spiro atoms. The maximum absolute atomic E-state index is 5.58. The van der Waals surface area contributed by atoms with Gasteiger partial charge in [-0.15, -0.1) is 23.2 Å². The van der Waals surface area contributed by atoms with E-state index in [1.807, 2.05) is 0 Å². The van der Waals surface area contributed by atoms with Gasteiger partial charge in [0, 0.05) is 11.8 Å². The first-order valence-corrected chi connectivity index (χ1v) is 12.0. The van der Waals surface area contributed by atoms with Crippen molar-refractivity contribution in [1.29, 1.82) is 0 Å². The third-order valence-corrected chi connectivity index (χ3v) is 5.01. The van der Waals surface area contributed by atoms with Crippen LogP contribution >= 0.6 is 23.2 Å².